The molecule has 3 rings (SSSR count). The molecule has 0 saturated carbocycles. The predicted molar refractivity (Wildman–Crippen MR) is 100 cm³/mol. The van der Waals surface area contributed by atoms with Crippen molar-refractivity contribution in [2.75, 3.05) is 10.6 Å². The second-order valence-electron chi connectivity index (χ2n) is 5.07. The third-order valence-corrected chi connectivity index (χ3v) is 4.35. The molecule has 4 N–H and O–H groups in total. The van der Waals surface area contributed by atoms with Gasteiger partial charge in [0.1, 0.15) is 10.7 Å². The van der Waals surface area contributed by atoms with Crippen LogP contribution in [0.1, 0.15) is 10.5 Å². The van der Waals surface area contributed by atoms with E-state index in [0.717, 1.165) is 5.56 Å². The highest BCUT2D eigenvalue weighted by atomic mass is 35.5. The number of primary amides is 1. The van der Waals surface area contributed by atoms with E-state index in [4.69, 9.17) is 17.3 Å². The number of aromatic nitrogens is 1. The van der Waals surface area contributed by atoms with Crippen molar-refractivity contribution in [3.05, 3.63) is 64.6 Å². The Morgan fingerprint density at radius 3 is 2.36 bits per heavy atom. The van der Waals surface area contributed by atoms with Crippen molar-refractivity contribution in [1.82, 2.24) is 4.98 Å². The molecule has 6 nitrogen and oxygen atoms in total. The highest BCUT2D eigenvalue weighted by Crippen LogP contribution is 2.26. The SMILES string of the molecule is NC(=O)Nc1ccc(NC(=O)c2csc(-c3cccc(Cl)c3)n2)cc1. The number of benzene rings is 2. The summed E-state index contributed by atoms with van der Waals surface area (Å²) in [7, 11) is 0. The van der Waals surface area contributed by atoms with E-state index in [1.54, 1.807) is 41.8 Å². The first-order chi connectivity index (χ1) is 12.0. The highest BCUT2D eigenvalue weighted by molar-refractivity contribution is 7.13. The largest absolute Gasteiger partial charge is 0.351 e. The number of hydrogen-bond donors (Lipinski definition) is 3. The number of anilines is 2. The van der Waals surface area contributed by atoms with Gasteiger partial charge in [-0.2, -0.15) is 0 Å². The number of carbonyl (C=O) groups excluding carboxylic acids is 2. The topological polar surface area (TPSA) is 97.1 Å². The molecule has 0 radical (unpaired) electrons. The van der Waals surface area contributed by atoms with Crippen LogP contribution in [0.2, 0.25) is 5.02 Å². The lowest BCUT2D eigenvalue weighted by atomic mass is 10.2. The Morgan fingerprint density at radius 1 is 1.04 bits per heavy atom. The summed E-state index contributed by atoms with van der Waals surface area (Å²) in [6.45, 7) is 0. The lowest BCUT2D eigenvalue weighted by Crippen LogP contribution is -2.19. The summed E-state index contributed by atoms with van der Waals surface area (Å²) in [5.41, 5.74) is 7.35. The molecule has 8 heteroatoms. The first kappa shape index (κ1) is 16.9. The van der Waals surface area contributed by atoms with Crippen LogP contribution >= 0.6 is 22.9 Å². The number of urea groups is 1. The third-order valence-electron chi connectivity index (χ3n) is 3.22. The van der Waals surface area contributed by atoms with Gasteiger partial charge in [-0.1, -0.05) is 23.7 Å². The van der Waals surface area contributed by atoms with E-state index in [2.05, 4.69) is 15.6 Å². The fourth-order valence-electron chi connectivity index (χ4n) is 2.11. The Hall–Kier alpha value is -2.90. The fraction of sp³-hybridized carbons (Fsp3) is 0. The summed E-state index contributed by atoms with van der Waals surface area (Å²) in [4.78, 5) is 27.4. The van der Waals surface area contributed by atoms with Crippen LogP contribution < -0.4 is 16.4 Å². The van der Waals surface area contributed by atoms with Gasteiger partial charge in [-0.15, -0.1) is 11.3 Å². The number of carbonyl (C=O) groups is 2. The van der Waals surface area contributed by atoms with Crippen molar-refractivity contribution in [3.63, 3.8) is 0 Å². The third kappa shape index (κ3) is 4.34. The first-order valence-corrected chi connectivity index (χ1v) is 8.46. The minimum Gasteiger partial charge on any atom is -0.351 e. The maximum Gasteiger partial charge on any atom is 0.316 e. The molecule has 2 aromatic carbocycles. The highest BCUT2D eigenvalue weighted by Gasteiger charge is 2.12. The fourth-order valence-corrected chi connectivity index (χ4v) is 3.09. The maximum atomic E-state index is 12.3. The van der Waals surface area contributed by atoms with Crippen molar-refractivity contribution in [2.24, 2.45) is 5.73 Å². The minimum absolute atomic E-state index is 0.319. The van der Waals surface area contributed by atoms with E-state index in [0.29, 0.717) is 27.1 Å². The van der Waals surface area contributed by atoms with Gasteiger partial charge >= 0.3 is 6.03 Å². The molecule has 1 heterocycles. The van der Waals surface area contributed by atoms with Crippen LogP contribution in [0.25, 0.3) is 10.6 Å². The van der Waals surface area contributed by atoms with Gasteiger partial charge in [-0.3, -0.25) is 4.79 Å². The van der Waals surface area contributed by atoms with E-state index in [-0.39, 0.29) is 5.91 Å². The van der Waals surface area contributed by atoms with Crippen LogP contribution in [-0.2, 0) is 0 Å². The smallest absolute Gasteiger partial charge is 0.316 e. The van der Waals surface area contributed by atoms with Crippen molar-refractivity contribution in [3.8, 4) is 10.6 Å². The molecule has 0 fully saturated rings. The quantitative estimate of drug-likeness (QED) is 0.640. The maximum absolute atomic E-state index is 12.3. The zero-order chi connectivity index (χ0) is 17.8. The van der Waals surface area contributed by atoms with Crippen LogP contribution in [0.5, 0.6) is 0 Å². The number of halogens is 1. The number of nitrogens with zero attached hydrogens (tertiary/aromatic N) is 1. The Bertz CT molecular complexity index is 924. The van der Waals surface area contributed by atoms with Gasteiger partial charge in [0.05, 0.1) is 0 Å². The molecule has 0 spiro atoms. The standard InChI is InChI=1S/C17H13ClN4O2S/c18-11-3-1-2-10(8-11)16-22-14(9-25-16)15(23)20-12-4-6-13(7-5-12)21-17(19)24/h1-9H,(H,20,23)(H3,19,21,24). The van der Waals surface area contributed by atoms with Crippen molar-refractivity contribution >= 4 is 46.3 Å². The number of amides is 3. The van der Waals surface area contributed by atoms with Gasteiger partial charge in [-0.25, -0.2) is 9.78 Å². The van der Waals surface area contributed by atoms with E-state index in [1.807, 2.05) is 12.1 Å². The lowest BCUT2D eigenvalue weighted by Gasteiger charge is -2.05. The summed E-state index contributed by atoms with van der Waals surface area (Å²) >= 11 is 7.35. The molecule has 0 aliphatic carbocycles. The van der Waals surface area contributed by atoms with Crippen LogP contribution in [0.3, 0.4) is 0 Å². The molecule has 3 amide bonds. The minimum atomic E-state index is -0.646. The van der Waals surface area contributed by atoms with Gasteiger partial charge in [0.25, 0.3) is 5.91 Å². The summed E-state index contributed by atoms with van der Waals surface area (Å²) in [5.74, 6) is -0.319. The van der Waals surface area contributed by atoms with Crippen molar-refractivity contribution in [1.29, 1.82) is 0 Å². The van der Waals surface area contributed by atoms with Gasteiger partial charge in [0.15, 0.2) is 0 Å². The zero-order valence-electron chi connectivity index (χ0n) is 12.8. The van der Waals surface area contributed by atoms with Crippen molar-refractivity contribution < 1.29 is 9.59 Å². The molecule has 0 bridgehead atoms. The summed E-state index contributed by atoms with van der Waals surface area (Å²) in [5, 5.41) is 8.22. The van der Waals surface area contributed by atoms with Gasteiger partial charge < -0.3 is 16.4 Å². The molecule has 1 aromatic heterocycles. The van der Waals surface area contributed by atoms with Gasteiger partial charge in [-0.05, 0) is 36.4 Å². The van der Waals surface area contributed by atoms with E-state index in [1.165, 1.54) is 11.3 Å². The van der Waals surface area contributed by atoms with Gasteiger partial charge in [0.2, 0.25) is 0 Å². The first-order valence-electron chi connectivity index (χ1n) is 7.20. The predicted octanol–water partition coefficient (Wildman–Crippen LogP) is 4.21. The molecule has 0 aliphatic heterocycles. The number of nitrogens with two attached hydrogens (primary N) is 1. The van der Waals surface area contributed by atoms with Crippen LogP contribution in [0.4, 0.5) is 16.2 Å². The van der Waals surface area contributed by atoms with Crippen LogP contribution in [0.15, 0.2) is 53.9 Å². The molecule has 0 atom stereocenters. The molecule has 0 unspecified atom stereocenters. The number of thiazole rings is 1. The molecule has 25 heavy (non-hydrogen) atoms. The molecule has 126 valence electrons. The Kier molecular flexibility index (Phi) is 4.97. The molecular formula is C17H13ClN4O2S. The monoisotopic (exact) mass is 372 g/mol. The molecular weight excluding hydrogens is 360 g/mol. The second kappa shape index (κ2) is 7.33. The molecule has 3 aromatic rings. The Morgan fingerprint density at radius 2 is 1.72 bits per heavy atom. The average molecular weight is 373 g/mol. The number of nitrogens with one attached hydrogen (secondary N) is 2. The average Bonchev–Trinajstić information content (AvgIpc) is 3.06. The summed E-state index contributed by atoms with van der Waals surface area (Å²) < 4.78 is 0. The van der Waals surface area contributed by atoms with Crippen molar-refractivity contribution in [2.45, 2.75) is 0 Å². The second-order valence-corrected chi connectivity index (χ2v) is 6.36. The van der Waals surface area contributed by atoms with E-state index < -0.39 is 6.03 Å². The van der Waals surface area contributed by atoms with E-state index >= 15 is 0 Å². The van der Waals surface area contributed by atoms with E-state index in [9.17, 15) is 9.59 Å². The Balaban J connectivity index is 1.70. The molecule has 0 aliphatic rings. The summed E-state index contributed by atoms with van der Waals surface area (Å²) in [6, 6.07) is 13.2. The van der Waals surface area contributed by atoms with Crippen LogP contribution in [-0.4, -0.2) is 16.9 Å². The van der Waals surface area contributed by atoms with Gasteiger partial charge in [0, 0.05) is 27.3 Å². The number of rotatable bonds is 4. The summed E-state index contributed by atoms with van der Waals surface area (Å²) in [6.07, 6.45) is 0. The molecule has 0 saturated heterocycles. The zero-order valence-corrected chi connectivity index (χ0v) is 14.4. The number of hydrogen-bond acceptors (Lipinski definition) is 4. The normalized spacial score (nSPS) is 10.3. The lowest BCUT2D eigenvalue weighted by molar-refractivity contribution is 0.102. The Labute approximate surface area is 152 Å². The van der Waals surface area contributed by atoms with Crippen LogP contribution in [0, 0.1) is 0 Å².